The van der Waals surface area contributed by atoms with Gasteiger partial charge in [-0.2, -0.15) is 0 Å². The molecule has 0 saturated carbocycles. The molecule has 0 spiro atoms. The van der Waals surface area contributed by atoms with Crippen LogP contribution in [0.25, 0.3) is 0 Å². The van der Waals surface area contributed by atoms with E-state index in [4.69, 9.17) is 5.73 Å². The Bertz CT molecular complexity index is 408. The first-order chi connectivity index (χ1) is 8.18. The normalized spacial score (nSPS) is 24.6. The molecule has 17 heavy (non-hydrogen) atoms. The molecular weight excluding hydrogens is 232 g/mol. The average Bonchev–Trinajstić information content (AvgIpc) is 2.63. The van der Waals surface area contributed by atoms with Crippen molar-refractivity contribution < 1.29 is 4.21 Å². The summed E-state index contributed by atoms with van der Waals surface area (Å²) in [6.45, 7) is 0.908. The summed E-state index contributed by atoms with van der Waals surface area (Å²) < 4.78 is 11.0. The summed E-state index contributed by atoms with van der Waals surface area (Å²) in [6, 6.07) is 8.89. The highest BCUT2D eigenvalue weighted by Gasteiger charge is 2.27. The van der Waals surface area contributed by atoms with Crippen molar-refractivity contribution in [3.63, 3.8) is 0 Å². The Balaban J connectivity index is 1.89. The molecule has 1 aromatic rings. The predicted molar refractivity (Wildman–Crippen MR) is 72.3 cm³/mol. The van der Waals surface area contributed by atoms with Gasteiger partial charge in [0.25, 0.3) is 0 Å². The number of hydrogen-bond acceptors (Lipinski definition) is 3. The maximum atomic E-state index is 11.0. The summed E-state index contributed by atoms with van der Waals surface area (Å²) in [4.78, 5) is 0. The summed E-state index contributed by atoms with van der Waals surface area (Å²) in [5.41, 5.74) is 8.70. The van der Waals surface area contributed by atoms with Gasteiger partial charge >= 0.3 is 0 Å². The van der Waals surface area contributed by atoms with Gasteiger partial charge in [0.1, 0.15) is 0 Å². The quantitative estimate of drug-likeness (QED) is 0.781. The molecular formula is C13H20N2OS. The first kappa shape index (κ1) is 12.7. The van der Waals surface area contributed by atoms with E-state index in [1.165, 1.54) is 11.1 Å². The van der Waals surface area contributed by atoms with Crippen LogP contribution in [0.3, 0.4) is 0 Å². The smallest absolute Gasteiger partial charge is 0.0341 e. The average molecular weight is 252 g/mol. The third-order valence-electron chi connectivity index (χ3n) is 3.26. The molecule has 0 heterocycles. The van der Waals surface area contributed by atoms with Crippen molar-refractivity contribution in [3.8, 4) is 0 Å². The molecule has 0 bridgehead atoms. The van der Waals surface area contributed by atoms with E-state index in [0.29, 0.717) is 6.04 Å². The van der Waals surface area contributed by atoms with Crippen LogP contribution in [0.4, 0.5) is 0 Å². The van der Waals surface area contributed by atoms with Crippen molar-refractivity contribution in [1.82, 2.24) is 5.32 Å². The van der Waals surface area contributed by atoms with Gasteiger partial charge in [-0.3, -0.25) is 4.21 Å². The zero-order valence-corrected chi connectivity index (χ0v) is 11.0. The molecule has 0 aliphatic heterocycles. The van der Waals surface area contributed by atoms with Crippen LogP contribution in [0.1, 0.15) is 36.1 Å². The lowest BCUT2D eigenvalue weighted by molar-refractivity contribution is 0.499. The van der Waals surface area contributed by atoms with Gasteiger partial charge in [0, 0.05) is 34.9 Å². The molecule has 0 amide bonds. The molecule has 3 N–H and O–H groups in total. The van der Waals surface area contributed by atoms with Gasteiger partial charge in [0.2, 0.25) is 0 Å². The topological polar surface area (TPSA) is 55.1 Å². The van der Waals surface area contributed by atoms with Crippen LogP contribution in [-0.2, 0) is 10.8 Å². The van der Waals surface area contributed by atoms with Crippen LogP contribution in [-0.4, -0.2) is 22.8 Å². The van der Waals surface area contributed by atoms with Crippen LogP contribution in [0.5, 0.6) is 0 Å². The first-order valence-corrected chi connectivity index (χ1v) is 7.79. The van der Waals surface area contributed by atoms with Crippen LogP contribution < -0.4 is 11.1 Å². The van der Waals surface area contributed by atoms with E-state index < -0.39 is 10.8 Å². The van der Waals surface area contributed by atoms with Crippen molar-refractivity contribution in [2.45, 2.75) is 24.9 Å². The second-order valence-electron chi connectivity index (χ2n) is 4.61. The van der Waals surface area contributed by atoms with Gasteiger partial charge in [0.05, 0.1) is 0 Å². The second-order valence-corrected chi connectivity index (χ2v) is 6.16. The molecule has 0 saturated heterocycles. The third kappa shape index (κ3) is 3.15. The van der Waals surface area contributed by atoms with Crippen LogP contribution in [0.2, 0.25) is 0 Å². The molecule has 1 aliphatic rings. The molecule has 2 rings (SSSR count). The van der Waals surface area contributed by atoms with Crippen molar-refractivity contribution in [2.75, 3.05) is 18.6 Å². The van der Waals surface area contributed by atoms with E-state index in [1.54, 1.807) is 6.26 Å². The molecule has 3 nitrogen and oxygen atoms in total. The highest BCUT2D eigenvalue weighted by atomic mass is 32.2. The number of fused-ring (bicyclic) bond motifs is 1. The first-order valence-electron chi connectivity index (χ1n) is 6.06. The maximum Gasteiger partial charge on any atom is 0.0341 e. The fourth-order valence-corrected chi connectivity index (χ4v) is 2.97. The Morgan fingerprint density at radius 3 is 2.82 bits per heavy atom. The van der Waals surface area contributed by atoms with Crippen molar-refractivity contribution in [3.05, 3.63) is 35.4 Å². The van der Waals surface area contributed by atoms with Gasteiger partial charge in [0.15, 0.2) is 0 Å². The Morgan fingerprint density at radius 2 is 2.12 bits per heavy atom. The van der Waals surface area contributed by atoms with Gasteiger partial charge in [-0.15, -0.1) is 0 Å². The Morgan fingerprint density at radius 1 is 1.41 bits per heavy atom. The van der Waals surface area contributed by atoms with E-state index in [9.17, 15) is 4.21 Å². The van der Waals surface area contributed by atoms with Gasteiger partial charge < -0.3 is 11.1 Å². The SMILES string of the molecule is CS(=O)CCCNC1CC(N)c2ccccc21. The van der Waals surface area contributed by atoms with Crippen molar-refractivity contribution >= 4 is 10.8 Å². The molecule has 3 unspecified atom stereocenters. The summed E-state index contributed by atoms with van der Waals surface area (Å²) in [5, 5.41) is 3.51. The monoisotopic (exact) mass is 252 g/mol. The van der Waals surface area contributed by atoms with E-state index in [0.717, 1.165) is 25.1 Å². The van der Waals surface area contributed by atoms with Gasteiger partial charge in [-0.05, 0) is 30.5 Å². The predicted octanol–water partition coefficient (Wildman–Crippen LogP) is 1.49. The number of nitrogens with one attached hydrogen (secondary N) is 1. The molecule has 94 valence electrons. The fourth-order valence-electron chi connectivity index (χ4n) is 2.42. The van der Waals surface area contributed by atoms with Gasteiger partial charge in [-0.25, -0.2) is 0 Å². The Labute approximate surface area is 105 Å². The van der Waals surface area contributed by atoms with E-state index >= 15 is 0 Å². The van der Waals surface area contributed by atoms with E-state index in [-0.39, 0.29) is 6.04 Å². The fraction of sp³-hybridized carbons (Fsp3) is 0.538. The summed E-state index contributed by atoms with van der Waals surface area (Å²) in [7, 11) is -0.685. The molecule has 1 aliphatic carbocycles. The zero-order chi connectivity index (χ0) is 12.3. The lowest BCUT2D eigenvalue weighted by atomic mass is 10.1. The largest absolute Gasteiger partial charge is 0.324 e. The number of rotatable bonds is 5. The summed E-state index contributed by atoms with van der Waals surface area (Å²) in [6.07, 6.45) is 3.67. The second kappa shape index (κ2) is 5.76. The third-order valence-corrected chi connectivity index (χ3v) is 4.12. The lowest BCUT2D eigenvalue weighted by Crippen LogP contribution is -2.22. The molecule has 4 heteroatoms. The summed E-state index contributed by atoms with van der Waals surface area (Å²) >= 11 is 0. The highest BCUT2D eigenvalue weighted by molar-refractivity contribution is 7.84. The number of hydrogen-bond donors (Lipinski definition) is 2. The summed E-state index contributed by atoms with van der Waals surface area (Å²) in [5.74, 6) is 0.771. The van der Waals surface area contributed by atoms with Crippen molar-refractivity contribution in [1.29, 1.82) is 0 Å². The molecule has 1 aromatic carbocycles. The van der Waals surface area contributed by atoms with Crippen LogP contribution in [0, 0.1) is 0 Å². The highest BCUT2D eigenvalue weighted by Crippen LogP contribution is 2.36. The number of benzene rings is 1. The maximum absolute atomic E-state index is 11.0. The Hall–Kier alpha value is -0.710. The number of nitrogens with two attached hydrogens (primary N) is 1. The lowest BCUT2D eigenvalue weighted by Gasteiger charge is -2.13. The van der Waals surface area contributed by atoms with Crippen molar-refractivity contribution in [2.24, 2.45) is 5.73 Å². The molecule has 3 atom stereocenters. The van der Waals surface area contributed by atoms with E-state index in [1.807, 2.05) is 6.07 Å². The minimum Gasteiger partial charge on any atom is -0.324 e. The molecule has 0 fully saturated rings. The van der Waals surface area contributed by atoms with Crippen LogP contribution >= 0.6 is 0 Å². The standard InChI is InChI=1S/C13H20N2OS/c1-17(16)8-4-7-15-13-9-12(14)10-5-2-3-6-11(10)13/h2-3,5-6,12-13,15H,4,7-9,14H2,1H3. The minimum atomic E-state index is -0.685. The minimum absolute atomic E-state index is 0.156. The van der Waals surface area contributed by atoms with Crippen LogP contribution in [0.15, 0.2) is 24.3 Å². The van der Waals surface area contributed by atoms with Gasteiger partial charge in [-0.1, -0.05) is 24.3 Å². The molecule has 0 aromatic heterocycles. The van der Waals surface area contributed by atoms with E-state index in [2.05, 4.69) is 23.5 Å². The molecule has 0 radical (unpaired) electrons. The zero-order valence-electron chi connectivity index (χ0n) is 10.2. The Kier molecular flexibility index (Phi) is 4.31.